The molecule has 242 valence electrons. The summed E-state index contributed by atoms with van der Waals surface area (Å²) in [6, 6.07) is 12.6. The molecule has 46 heavy (non-hydrogen) atoms. The van der Waals surface area contributed by atoms with Crippen LogP contribution in [0.2, 0.25) is 0 Å². The minimum absolute atomic E-state index is 0.0557. The van der Waals surface area contributed by atoms with Crippen LogP contribution < -0.4 is 19.6 Å². The first-order valence-corrected chi connectivity index (χ1v) is 13.8. The first-order chi connectivity index (χ1) is 22.0. The summed E-state index contributed by atoms with van der Waals surface area (Å²) in [5.41, 5.74) is 0.179. The molecule has 1 aromatic heterocycles. The van der Waals surface area contributed by atoms with E-state index in [2.05, 4.69) is 0 Å². The first kappa shape index (κ1) is 32.1. The van der Waals surface area contributed by atoms with Gasteiger partial charge in [-0.1, -0.05) is 12.1 Å². The van der Waals surface area contributed by atoms with Gasteiger partial charge in [0.1, 0.15) is 53.5 Å². The second kappa shape index (κ2) is 13.4. The molecule has 0 aliphatic carbocycles. The number of hydrogen-bond donors (Lipinski definition) is 6. The van der Waals surface area contributed by atoms with Crippen molar-refractivity contribution in [1.82, 2.24) is 0 Å². The maximum atomic E-state index is 13.0. The highest BCUT2D eigenvalue weighted by Gasteiger charge is 2.46. The van der Waals surface area contributed by atoms with E-state index in [0.717, 1.165) is 12.1 Å². The zero-order valence-corrected chi connectivity index (χ0v) is 24.4. The van der Waals surface area contributed by atoms with Gasteiger partial charge < -0.3 is 58.7 Å². The minimum Gasteiger partial charge on any atom is -0.508 e. The van der Waals surface area contributed by atoms with Crippen molar-refractivity contribution in [2.75, 3.05) is 20.8 Å². The predicted molar refractivity (Wildman–Crippen MR) is 160 cm³/mol. The van der Waals surface area contributed by atoms with Gasteiger partial charge in [0, 0.05) is 23.8 Å². The standard InChI is InChI=1S/C32H30O14/c1-41-21-11-16(6-9-18(21)34)20-12-19(35)26-22(44-20)13-23(31(42-2)28(26)38)45-32-30(40)29(39)27(37)24(46-32)14-43-25(36)10-5-15-3-7-17(33)8-4-15/h3-13,24,27,29-30,32-34,37-40H,14H2,1-2H3/t24-,27-,29+,30-,32-/m1/s1. The van der Waals surface area contributed by atoms with Crippen LogP contribution in [0.5, 0.6) is 34.5 Å². The molecule has 0 radical (unpaired) electrons. The van der Waals surface area contributed by atoms with E-state index in [0.29, 0.717) is 11.1 Å². The van der Waals surface area contributed by atoms with Crippen molar-refractivity contribution >= 4 is 23.0 Å². The molecule has 0 saturated carbocycles. The molecule has 0 spiro atoms. The molecule has 0 unspecified atom stereocenters. The third-order valence-electron chi connectivity index (χ3n) is 7.19. The van der Waals surface area contributed by atoms with E-state index in [4.69, 9.17) is 28.1 Å². The van der Waals surface area contributed by atoms with Crippen molar-refractivity contribution in [2.45, 2.75) is 30.7 Å². The van der Waals surface area contributed by atoms with Crippen molar-refractivity contribution in [3.8, 4) is 45.8 Å². The van der Waals surface area contributed by atoms with Crippen LogP contribution in [0.25, 0.3) is 28.4 Å². The van der Waals surface area contributed by atoms with Gasteiger partial charge in [0.05, 0.1) is 14.2 Å². The molecule has 6 N–H and O–H groups in total. The van der Waals surface area contributed by atoms with Crippen molar-refractivity contribution < 1.29 is 63.5 Å². The number of carbonyl (C=O) groups is 1. The Morgan fingerprint density at radius 3 is 2.33 bits per heavy atom. The zero-order valence-electron chi connectivity index (χ0n) is 24.4. The van der Waals surface area contributed by atoms with Crippen molar-refractivity contribution in [1.29, 1.82) is 0 Å². The van der Waals surface area contributed by atoms with E-state index in [-0.39, 0.29) is 45.5 Å². The van der Waals surface area contributed by atoms with E-state index in [9.17, 15) is 40.2 Å². The third kappa shape index (κ3) is 6.55. The molecule has 14 heteroatoms. The van der Waals surface area contributed by atoms with E-state index in [1.165, 1.54) is 56.7 Å². The van der Waals surface area contributed by atoms with Gasteiger partial charge in [0.2, 0.25) is 12.0 Å². The number of methoxy groups -OCH3 is 2. The molecule has 1 saturated heterocycles. The number of esters is 1. The number of benzene rings is 3. The summed E-state index contributed by atoms with van der Waals surface area (Å²) in [5.74, 6) is -1.93. The quantitative estimate of drug-likeness (QED) is 0.114. The van der Waals surface area contributed by atoms with Crippen LogP contribution in [0.15, 0.2) is 69.9 Å². The molecule has 1 fully saturated rings. The van der Waals surface area contributed by atoms with Crippen LogP contribution in [-0.2, 0) is 14.3 Å². The summed E-state index contributed by atoms with van der Waals surface area (Å²) in [6.45, 7) is -0.544. The molecule has 3 aromatic carbocycles. The lowest BCUT2D eigenvalue weighted by Gasteiger charge is -2.40. The molecule has 1 aliphatic rings. The van der Waals surface area contributed by atoms with Crippen molar-refractivity contribution in [2.24, 2.45) is 0 Å². The van der Waals surface area contributed by atoms with Crippen molar-refractivity contribution in [3.63, 3.8) is 0 Å². The number of carbonyl (C=O) groups excluding carboxylic acids is 1. The van der Waals surface area contributed by atoms with Gasteiger partial charge in [-0.25, -0.2) is 4.79 Å². The topological polar surface area (TPSA) is 215 Å². The second-order valence-corrected chi connectivity index (χ2v) is 10.2. The summed E-state index contributed by atoms with van der Waals surface area (Å²) >= 11 is 0. The van der Waals surface area contributed by atoms with Crippen LogP contribution in [0, 0.1) is 0 Å². The van der Waals surface area contributed by atoms with Gasteiger partial charge >= 0.3 is 5.97 Å². The predicted octanol–water partition coefficient (Wildman–Crippen LogP) is 2.04. The Bertz CT molecular complexity index is 1810. The number of hydrogen-bond acceptors (Lipinski definition) is 14. The van der Waals surface area contributed by atoms with Crippen LogP contribution in [-0.4, -0.2) is 88.1 Å². The normalized spacial score (nSPS) is 21.3. The average Bonchev–Trinajstić information content (AvgIpc) is 3.04. The molecular formula is C32H30O14. The molecule has 2 heterocycles. The van der Waals surface area contributed by atoms with Crippen molar-refractivity contribution in [3.05, 3.63) is 76.5 Å². The van der Waals surface area contributed by atoms with Crippen LogP contribution >= 0.6 is 0 Å². The highest BCUT2D eigenvalue weighted by Crippen LogP contribution is 2.43. The van der Waals surface area contributed by atoms with Gasteiger partial charge in [0.25, 0.3) is 0 Å². The van der Waals surface area contributed by atoms with E-state index >= 15 is 0 Å². The number of aromatic hydroxyl groups is 3. The molecule has 5 atom stereocenters. The van der Waals surface area contributed by atoms with Gasteiger partial charge in [0.15, 0.2) is 28.4 Å². The van der Waals surface area contributed by atoms with Gasteiger partial charge in [-0.05, 0) is 42.0 Å². The highest BCUT2D eigenvalue weighted by molar-refractivity contribution is 5.90. The Morgan fingerprint density at radius 1 is 0.891 bits per heavy atom. The Hall–Kier alpha value is -5.28. The third-order valence-corrected chi connectivity index (χ3v) is 7.19. The second-order valence-electron chi connectivity index (χ2n) is 10.2. The van der Waals surface area contributed by atoms with E-state index in [1.807, 2.05) is 0 Å². The molecule has 0 amide bonds. The Morgan fingerprint density at radius 2 is 1.63 bits per heavy atom. The van der Waals surface area contributed by atoms with Crippen LogP contribution in [0.3, 0.4) is 0 Å². The monoisotopic (exact) mass is 638 g/mol. The van der Waals surface area contributed by atoms with E-state index in [1.54, 1.807) is 12.1 Å². The average molecular weight is 639 g/mol. The summed E-state index contributed by atoms with van der Waals surface area (Å²) in [6.07, 6.45) is -5.80. The highest BCUT2D eigenvalue weighted by atomic mass is 16.7. The SMILES string of the molecule is COc1cc(-c2cc(=O)c3c(O)c(OC)c(O[C@@H]4O[C@H](COC(=O)C=Cc5ccc(O)cc5)[C@@H](O)[C@H](O)[C@H]4O)cc3o2)ccc1O. The Balaban J connectivity index is 1.39. The molecule has 0 bridgehead atoms. The fourth-order valence-corrected chi connectivity index (χ4v) is 4.76. The summed E-state index contributed by atoms with van der Waals surface area (Å²) in [4.78, 5) is 25.3. The van der Waals surface area contributed by atoms with E-state index < -0.39 is 54.5 Å². The Kier molecular flexibility index (Phi) is 9.34. The summed E-state index contributed by atoms with van der Waals surface area (Å²) in [5, 5.41) is 61.6. The number of phenolic OH excluding ortho intramolecular Hbond substituents is 3. The maximum Gasteiger partial charge on any atom is 0.330 e. The number of aliphatic hydroxyl groups excluding tert-OH is 3. The lowest BCUT2D eigenvalue weighted by Crippen LogP contribution is -2.60. The van der Waals surface area contributed by atoms with Gasteiger partial charge in [-0.2, -0.15) is 0 Å². The number of phenols is 3. The first-order valence-electron chi connectivity index (χ1n) is 13.8. The number of ether oxygens (including phenoxy) is 5. The molecule has 5 rings (SSSR count). The van der Waals surface area contributed by atoms with Crippen LogP contribution in [0.4, 0.5) is 0 Å². The number of fused-ring (bicyclic) bond motifs is 1. The lowest BCUT2D eigenvalue weighted by atomic mass is 9.99. The minimum atomic E-state index is -1.82. The number of aliphatic hydroxyl groups is 3. The fraction of sp³-hybridized carbons (Fsp3) is 0.250. The maximum absolute atomic E-state index is 13.0. The molecule has 1 aliphatic heterocycles. The lowest BCUT2D eigenvalue weighted by molar-refractivity contribution is -0.278. The van der Waals surface area contributed by atoms with Gasteiger partial charge in [-0.3, -0.25) is 4.79 Å². The molecule has 4 aromatic rings. The smallest absolute Gasteiger partial charge is 0.330 e. The molecular weight excluding hydrogens is 608 g/mol. The zero-order chi connectivity index (χ0) is 33.1. The fourth-order valence-electron chi connectivity index (χ4n) is 4.76. The Labute approximate surface area is 260 Å². The largest absolute Gasteiger partial charge is 0.508 e. The summed E-state index contributed by atoms with van der Waals surface area (Å²) in [7, 11) is 2.55. The number of rotatable bonds is 9. The van der Waals surface area contributed by atoms with Crippen LogP contribution in [0.1, 0.15) is 5.56 Å². The van der Waals surface area contributed by atoms with Gasteiger partial charge in [-0.15, -0.1) is 0 Å². The molecule has 14 nitrogen and oxygen atoms in total. The summed E-state index contributed by atoms with van der Waals surface area (Å²) < 4.78 is 32.8.